The van der Waals surface area contributed by atoms with Gasteiger partial charge in [-0.2, -0.15) is 0 Å². The number of H-pyrrole nitrogens is 1. The summed E-state index contributed by atoms with van der Waals surface area (Å²) >= 11 is 0. The number of anilines is 1. The molecule has 1 aromatic carbocycles. The Morgan fingerprint density at radius 1 is 1.37 bits per heavy atom. The molecule has 1 atom stereocenters. The van der Waals surface area contributed by atoms with Gasteiger partial charge in [-0.3, -0.25) is 9.89 Å². The van der Waals surface area contributed by atoms with Gasteiger partial charge in [-0.1, -0.05) is 32.0 Å². The van der Waals surface area contributed by atoms with Gasteiger partial charge in [0.25, 0.3) is 0 Å². The number of carbonyl (C=O) groups is 2. The molecular formula is C19H20N4O4. The van der Waals surface area contributed by atoms with Gasteiger partial charge in [0.1, 0.15) is 11.0 Å². The van der Waals surface area contributed by atoms with E-state index in [1.807, 2.05) is 26.0 Å². The van der Waals surface area contributed by atoms with Crippen molar-refractivity contribution in [1.29, 1.82) is 0 Å². The van der Waals surface area contributed by atoms with Gasteiger partial charge in [0.2, 0.25) is 17.7 Å². The van der Waals surface area contributed by atoms with E-state index < -0.39 is 11.4 Å². The molecule has 1 amide bonds. The number of carbonyl (C=O) groups excluding carboxylic acids is 2. The van der Waals surface area contributed by atoms with E-state index in [-0.39, 0.29) is 35.8 Å². The number of aromatic amines is 1. The summed E-state index contributed by atoms with van der Waals surface area (Å²) in [4.78, 5) is 26.3. The summed E-state index contributed by atoms with van der Waals surface area (Å²) in [6.45, 7) is 5.76. The summed E-state index contributed by atoms with van der Waals surface area (Å²) in [6, 6.07) is 7.20. The molecule has 3 heterocycles. The molecule has 4 rings (SSSR count). The quantitative estimate of drug-likeness (QED) is 0.712. The van der Waals surface area contributed by atoms with Crippen LogP contribution in [0.5, 0.6) is 5.88 Å². The summed E-state index contributed by atoms with van der Waals surface area (Å²) < 4.78 is 10.9. The number of hydrogen-bond donors (Lipinski definition) is 3. The van der Waals surface area contributed by atoms with E-state index >= 15 is 0 Å². The minimum atomic E-state index is -1.48. The van der Waals surface area contributed by atoms with Gasteiger partial charge in [-0.05, 0) is 18.9 Å². The van der Waals surface area contributed by atoms with Crippen molar-refractivity contribution < 1.29 is 19.1 Å². The van der Waals surface area contributed by atoms with Crippen molar-refractivity contribution in [1.82, 2.24) is 10.2 Å². The van der Waals surface area contributed by atoms with Crippen LogP contribution in [0.15, 0.2) is 35.7 Å². The second kappa shape index (κ2) is 5.87. The van der Waals surface area contributed by atoms with Crippen molar-refractivity contribution in [2.45, 2.75) is 32.1 Å². The molecule has 0 radical (unpaired) electrons. The summed E-state index contributed by atoms with van der Waals surface area (Å²) in [5.74, 6) is -1.07. The number of rotatable bonds is 3. The van der Waals surface area contributed by atoms with Crippen LogP contribution in [0.25, 0.3) is 0 Å². The molecule has 140 valence electrons. The fourth-order valence-electron chi connectivity index (χ4n) is 3.87. The van der Waals surface area contributed by atoms with Gasteiger partial charge in [0.15, 0.2) is 0 Å². The van der Waals surface area contributed by atoms with E-state index in [4.69, 9.17) is 15.2 Å². The van der Waals surface area contributed by atoms with Gasteiger partial charge in [0, 0.05) is 16.9 Å². The Balaban J connectivity index is 2.11. The fourth-order valence-corrected chi connectivity index (χ4v) is 3.87. The van der Waals surface area contributed by atoms with Crippen molar-refractivity contribution >= 4 is 17.6 Å². The molecule has 0 saturated carbocycles. The van der Waals surface area contributed by atoms with Crippen molar-refractivity contribution in [2.24, 2.45) is 5.73 Å². The Hall–Kier alpha value is -3.29. The molecule has 0 fully saturated rings. The zero-order valence-corrected chi connectivity index (χ0v) is 15.3. The van der Waals surface area contributed by atoms with Crippen molar-refractivity contribution in [3.8, 4) is 5.88 Å². The molecule has 8 heteroatoms. The molecule has 0 bridgehead atoms. The first-order valence-corrected chi connectivity index (χ1v) is 8.77. The van der Waals surface area contributed by atoms with Crippen LogP contribution >= 0.6 is 0 Å². The Morgan fingerprint density at radius 3 is 2.81 bits per heavy atom. The fraction of sp³-hybridized carbons (Fsp3) is 0.316. The van der Waals surface area contributed by atoms with Crippen LogP contribution in [-0.2, 0) is 19.7 Å². The first kappa shape index (κ1) is 17.1. The molecular weight excluding hydrogens is 348 g/mol. The molecule has 4 N–H and O–H groups in total. The smallest absolute Gasteiger partial charge is 0.341 e. The minimum Gasteiger partial charge on any atom is -0.462 e. The Morgan fingerprint density at radius 2 is 2.11 bits per heavy atom. The van der Waals surface area contributed by atoms with E-state index in [0.29, 0.717) is 22.5 Å². The largest absolute Gasteiger partial charge is 0.462 e. The number of nitrogens with one attached hydrogen (secondary N) is 2. The lowest BCUT2D eigenvalue weighted by Gasteiger charge is -2.34. The third kappa shape index (κ3) is 2.12. The third-order valence-electron chi connectivity index (χ3n) is 4.94. The number of ether oxygens (including phenoxy) is 2. The van der Waals surface area contributed by atoms with Gasteiger partial charge >= 0.3 is 5.97 Å². The van der Waals surface area contributed by atoms with Crippen molar-refractivity contribution in [2.75, 3.05) is 11.9 Å². The van der Waals surface area contributed by atoms with Gasteiger partial charge in [-0.25, -0.2) is 4.79 Å². The highest BCUT2D eigenvalue weighted by Crippen LogP contribution is 2.54. The second-order valence-electron chi connectivity index (χ2n) is 6.78. The molecule has 2 aliphatic heterocycles. The molecule has 1 unspecified atom stereocenters. The lowest BCUT2D eigenvalue weighted by Crippen LogP contribution is -2.46. The highest BCUT2D eigenvalue weighted by molar-refractivity contribution is 6.17. The summed E-state index contributed by atoms with van der Waals surface area (Å²) in [5.41, 5.74) is 7.03. The lowest BCUT2D eigenvalue weighted by atomic mass is 9.68. The Labute approximate surface area is 155 Å². The number of hydrogen-bond acceptors (Lipinski definition) is 6. The number of nitrogens with two attached hydrogens (primary N) is 1. The van der Waals surface area contributed by atoms with Crippen LogP contribution in [0.3, 0.4) is 0 Å². The third-order valence-corrected chi connectivity index (χ3v) is 4.94. The maximum atomic E-state index is 13.4. The molecule has 0 aliphatic carbocycles. The van der Waals surface area contributed by atoms with Gasteiger partial charge < -0.3 is 20.5 Å². The zero-order valence-electron chi connectivity index (χ0n) is 15.3. The summed E-state index contributed by atoms with van der Waals surface area (Å²) in [5, 5.41) is 10.0. The number of nitrogens with zero attached hydrogens (tertiary/aromatic N) is 1. The topological polar surface area (TPSA) is 119 Å². The van der Waals surface area contributed by atoms with Crippen LogP contribution in [0.1, 0.15) is 43.5 Å². The maximum Gasteiger partial charge on any atom is 0.341 e. The molecule has 8 nitrogen and oxygen atoms in total. The average molecular weight is 368 g/mol. The van der Waals surface area contributed by atoms with Crippen LogP contribution in [0.2, 0.25) is 0 Å². The number of esters is 1. The monoisotopic (exact) mass is 368 g/mol. The summed E-state index contributed by atoms with van der Waals surface area (Å²) in [6.07, 6.45) is 0. The Kier molecular flexibility index (Phi) is 3.73. The highest BCUT2D eigenvalue weighted by atomic mass is 16.5. The molecule has 1 spiro atoms. The van der Waals surface area contributed by atoms with E-state index in [9.17, 15) is 9.59 Å². The predicted octanol–water partition coefficient (Wildman–Crippen LogP) is 1.90. The first-order valence-electron chi connectivity index (χ1n) is 8.77. The average Bonchev–Trinajstić information content (AvgIpc) is 3.16. The van der Waals surface area contributed by atoms with Gasteiger partial charge in [0.05, 0.1) is 12.2 Å². The minimum absolute atomic E-state index is 0.00468. The Bertz CT molecular complexity index is 991. The first-order chi connectivity index (χ1) is 12.9. The SMILES string of the molecule is CCOC(=O)C1=C(N)Oc2n[nH]c(C(C)C)c2C12C(=O)Nc1ccccc12. The highest BCUT2D eigenvalue weighted by Gasteiger charge is 2.60. The predicted molar refractivity (Wildman–Crippen MR) is 97.0 cm³/mol. The van der Waals surface area contributed by atoms with E-state index in [1.54, 1.807) is 19.1 Å². The van der Waals surface area contributed by atoms with Crippen LogP contribution in [0.4, 0.5) is 5.69 Å². The molecule has 1 aromatic heterocycles. The van der Waals surface area contributed by atoms with E-state index in [1.165, 1.54) is 0 Å². The van der Waals surface area contributed by atoms with E-state index in [0.717, 1.165) is 0 Å². The summed E-state index contributed by atoms with van der Waals surface area (Å²) in [7, 11) is 0. The normalized spacial score (nSPS) is 20.4. The van der Waals surface area contributed by atoms with Crippen molar-refractivity contribution in [3.63, 3.8) is 0 Å². The molecule has 27 heavy (non-hydrogen) atoms. The van der Waals surface area contributed by atoms with Gasteiger partial charge in [-0.15, -0.1) is 5.10 Å². The number of para-hydroxylation sites is 1. The van der Waals surface area contributed by atoms with Crippen LogP contribution in [-0.4, -0.2) is 28.7 Å². The lowest BCUT2D eigenvalue weighted by molar-refractivity contribution is -0.140. The van der Waals surface area contributed by atoms with Crippen molar-refractivity contribution in [3.05, 3.63) is 52.5 Å². The molecule has 2 aliphatic rings. The number of aromatic nitrogens is 2. The number of benzene rings is 1. The second-order valence-corrected chi connectivity index (χ2v) is 6.78. The molecule has 0 saturated heterocycles. The zero-order chi connectivity index (χ0) is 19.3. The number of amides is 1. The standard InChI is InChI=1S/C19H20N4O4/c1-4-26-17(24)13-15(20)27-16-12(14(9(2)3)22-23-16)19(13)10-7-5-6-8-11(10)21-18(19)25/h5-9H,4,20H2,1-3H3,(H,21,25)(H,22,23). The maximum absolute atomic E-state index is 13.4. The van der Waals surface area contributed by atoms with E-state index in [2.05, 4.69) is 15.5 Å². The van der Waals surface area contributed by atoms with Crippen LogP contribution < -0.4 is 15.8 Å². The van der Waals surface area contributed by atoms with Crippen LogP contribution in [0, 0.1) is 0 Å². The number of fused-ring (bicyclic) bond motifs is 4. The molecule has 2 aromatic rings.